The van der Waals surface area contributed by atoms with Crippen molar-refractivity contribution in [2.45, 2.75) is 34.6 Å². The van der Waals surface area contributed by atoms with Crippen LogP contribution in [0.2, 0.25) is 0 Å². The molecular weight excluding hydrogens is 190 g/mol. The number of amides is 1. The second-order valence-electron chi connectivity index (χ2n) is 5.16. The van der Waals surface area contributed by atoms with Crippen LogP contribution in [0.1, 0.15) is 34.6 Å². The second-order valence-corrected chi connectivity index (χ2v) is 5.16. The Balaban J connectivity index is 4.35. The molecule has 0 spiro atoms. The lowest BCUT2D eigenvalue weighted by molar-refractivity contribution is -0.126. The Morgan fingerprint density at radius 3 is 2.07 bits per heavy atom. The lowest BCUT2D eigenvalue weighted by atomic mass is 9.86. The van der Waals surface area contributed by atoms with Gasteiger partial charge in [0, 0.05) is 12.0 Å². The van der Waals surface area contributed by atoms with Gasteiger partial charge in [0.2, 0.25) is 0 Å². The summed E-state index contributed by atoms with van der Waals surface area (Å²) in [5, 5.41) is 2.68. The number of nitrogens with one attached hydrogen (secondary N) is 1. The average molecular weight is 211 g/mol. The maximum atomic E-state index is 11.7. The fourth-order valence-corrected chi connectivity index (χ4v) is 0.959. The summed E-state index contributed by atoms with van der Waals surface area (Å²) in [6, 6.07) is 0. The summed E-state index contributed by atoms with van der Waals surface area (Å²) >= 11 is 0. The minimum absolute atomic E-state index is 0.0446. The Bertz CT molecular complexity index is 272. The first-order valence-corrected chi connectivity index (χ1v) is 5.18. The van der Waals surface area contributed by atoms with Gasteiger partial charge in [-0.25, -0.2) is 0 Å². The van der Waals surface area contributed by atoms with E-state index in [1.807, 2.05) is 13.8 Å². The van der Waals surface area contributed by atoms with Crippen LogP contribution in [-0.2, 0) is 9.59 Å². The Morgan fingerprint density at radius 2 is 1.73 bits per heavy atom. The van der Waals surface area contributed by atoms with Gasteiger partial charge < -0.3 is 5.32 Å². The van der Waals surface area contributed by atoms with Crippen LogP contribution in [0.25, 0.3) is 0 Å². The van der Waals surface area contributed by atoms with Crippen molar-refractivity contribution in [3.8, 4) is 0 Å². The summed E-state index contributed by atoms with van der Waals surface area (Å²) in [6.07, 6.45) is 0. The topological polar surface area (TPSA) is 46.2 Å². The van der Waals surface area contributed by atoms with Crippen molar-refractivity contribution >= 4 is 11.7 Å². The molecule has 0 bridgehead atoms. The SMILES string of the molecule is C=C(C(=O)NCC(C)C)C(=O)C(C)(C)C. The first kappa shape index (κ1) is 13.9. The van der Waals surface area contributed by atoms with E-state index in [4.69, 9.17) is 0 Å². The van der Waals surface area contributed by atoms with Crippen LogP contribution in [0.4, 0.5) is 0 Å². The molecule has 3 nitrogen and oxygen atoms in total. The Hall–Kier alpha value is -1.12. The van der Waals surface area contributed by atoms with E-state index in [0.717, 1.165) is 0 Å². The molecule has 0 fully saturated rings. The van der Waals surface area contributed by atoms with Crippen molar-refractivity contribution in [3.05, 3.63) is 12.2 Å². The normalized spacial score (nSPS) is 11.3. The van der Waals surface area contributed by atoms with Gasteiger partial charge in [-0.2, -0.15) is 0 Å². The number of ketones is 1. The highest BCUT2D eigenvalue weighted by Gasteiger charge is 2.27. The van der Waals surface area contributed by atoms with Crippen LogP contribution >= 0.6 is 0 Å². The molecule has 1 amide bonds. The van der Waals surface area contributed by atoms with Crippen LogP contribution in [0.15, 0.2) is 12.2 Å². The molecule has 0 radical (unpaired) electrons. The van der Waals surface area contributed by atoms with Crippen LogP contribution < -0.4 is 5.32 Å². The predicted octanol–water partition coefficient (Wildman–Crippen LogP) is 1.93. The molecule has 0 saturated carbocycles. The van der Waals surface area contributed by atoms with Crippen molar-refractivity contribution in [2.75, 3.05) is 6.54 Å². The van der Waals surface area contributed by atoms with Gasteiger partial charge in [0.05, 0.1) is 5.57 Å². The maximum Gasteiger partial charge on any atom is 0.254 e. The lowest BCUT2D eigenvalue weighted by Gasteiger charge is -2.18. The summed E-state index contributed by atoms with van der Waals surface area (Å²) in [5.41, 5.74) is -0.505. The second kappa shape index (κ2) is 5.10. The zero-order valence-corrected chi connectivity index (χ0v) is 10.3. The summed E-state index contributed by atoms with van der Waals surface area (Å²) in [7, 11) is 0. The molecule has 0 saturated heterocycles. The number of rotatable bonds is 4. The van der Waals surface area contributed by atoms with E-state index >= 15 is 0 Å². The van der Waals surface area contributed by atoms with E-state index in [0.29, 0.717) is 12.5 Å². The van der Waals surface area contributed by atoms with Crippen molar-refractivity contribution in [1.29, 1.82) is 0 Å². The van der Waals surface area contributed by atoms with Gasteiger partial charge in [-0.05, 0) is 5.92 Å². The van der Waals surface area contributed by atoms with Gasteiger partial charge >= 0.3 is 0 Å². The first-order valence-electron chi connectivity index (χ1n) is 5.18. The van der Waals surface area contributed by atoms with Gasteiger partial charge in [-0.1, -0.05) is 41.2 Å². The fraction of sp³-hybridized carbons (Fsp3) is 0.667. The molecule has 0 aliphatic heterocycles. The highest BCUT2D eigenvalue weighted by atomic mass is 16.2. The van der Waals surface area contributed by atoms with Crippen molar-refractivity contribution in [3.63, 3.8) is 0 Å². The third kappa shape index (κ3) is 4.77. The predicted molar refractivity (Wildman–Crippen MR) is 61.4 cm³/mol. The van der Waals surface area contributed by atoms with Crippen LogP contribution in [-0.4, -0.2) is 18.2 Å². The number of carbonyl (C=O) groups excluding carboxylic acids is 2. The zero-order valence-electron chi connectivity index (χ0n) is 10.3. The lowest BCUT2D eigenvalue weighted by Crippen LogP contribution is -2.34. The van der Waals surface area contributed by atoms with Crippen LogP contribution in [0.3, 0.4) is 0 Å². The molecule has 0 aromatic carbocycles. The van der Waals surface area contributed by atoms with Gasteiger partial charge in [-0.15, -0.1) is 0 Å². The largest absolute Gasteiger partial charge is 0.352 e. The molecule has 15 heavy (non-hydrogen) atoms. The number of carbonyl (C=O) groups is 2. The molecule has 0 unspecified atom stereocenters. The fourth-order valence-electron chi connectivity index (χ4n) is 0.959. The molecule has 0 aliphatic rings. The Morgan fingerprint density at radius 1 is 1.27 bits per heavy atom. The van der Waals surface area contributed by atoms with E-state index in [9.17, 15) is 9.59 Å². The zero-order chi connectivity index (χ0) is 12.2. The smallest absolute Gasteiger partial charge is 0.254 e. The minimum Gasteiger partial charge on any atom is -0.352 e. The number of hydrogen-bond donors (Lipinski definition) is 1. The minimum atomic E-state index is -0.549. The monoisotopic (exact) mass is 211 g/mol. The molecule has 3 heteroatoms. The highest BCUT2D eigenvalue weighted by molar-refractivity contribution is 6.20. The summed E-state index contributed by atoms with van der Waals surface area (Å²) < 4.78 is 0. The molecule has 0 aliphatic carbocycles. The summed E-state index contributed by atoms with van der Waals surface area (Å²) in [6.45, 7) is 13.4. The van der Waals surface area contributed by atoms with E-state index in [-0.39, 0.29) is 17.3 Å². The van der Waals surface area contributed by atoms with Crippen LogP contribution in [0, 0.1) is 11.3 Å². The van der Waals surface area contributed by atoms with Crippen molar-refractivity contribution in [1.82, 2.24) is 5.32 Å². The Labute approximate surface area is 91.9 Å². The van der Waals surface area contributed by atoms with Crippen LogP contribution in [0.5, 0.6) is 0 Å². The van der Waals surface area contributed by atoms with Gasteiger partial charge in [0.15, 0.2) is 5.78 Å². The van der Waals surface area contributed by atoms with Gasteiger partial charge in [-0.3, -0.25) is 9.59 Å². The van der Waals surface area contributed by atoms with Crippen molar-refractivity contribution in [2.24, 2.45) is 11.3 Å². The maximum absolute atomic E-state index is 11.7. The quantitative estimate of drug-likeness (QED) is 0.439. The van der Waals surface area contributed by atoms with Gasteiger partial charge in [0.25, 0.3) is 5.91 Å². The molecule has 0 rings (SSSR count). The average Bonchev–Trinajstić information content (AvgIpc) is 2.10. The standard InChI is InChI=1S/C12H21NO2/c1-8(2)7-13-11(15)9(3)10(14)12(4,5)6/h8H,3,7H2,1-2,4-6H3,(H,13,15). The third-order valence-electron chi connectivity index (χ3n) is 1.90. The van der Waals surface area contributed by atoms with Gasteiger partial charge in [0.1, 0.15) is 0 Å². The third-order valence-corrected chi connectivity index (χ3v) is 1.90. The molecular formula is C12H21NO2. The first-order chi connectivity index (χ1) is 6.66. The van der Waals surface area contributed by atoms with E-state index < -0.39 is 5.41 Å². The van der Waals surface area contributed by atoms with E-state index in [1.165, 1.54) is 0 Å². The van der Waals surface area contributed by atoms with E-state index in [2.05, 4.69) is 11.9 Å². The number of hydrogen-bond acceptors (Lipinski definition) is 2. The molecule has 0 heterocycles. The summed E-state index contributed by atoms with van der Waals surface area (Å²) in [5.74, 6) is -0.195. The summed E-state index contributed by atoms with van der Waals surface area (Å²) in [4.78, 5) is 23.2. The number of Topliss-reactive ketones (excluding diaryl/α,β-unsaturated/α-hetero) is 1. The molecule has 1 N–H and O–H groups in total. The van der Waals surface area contributed by atoms with Crippen molar-refractivity contribution < 1.29 is 9.59 Å². The highest BCUT2D eigenvalue weighted by Crippen LogP contribution is 2.18. The Kier molecular flexibility index (Phi) is 4.72. The molecule has 86 valence electrons. The van der Waals surface area contributed by atoms with E-state index in [1.54, 1.807) is 20.8 Å². The molecule has 0 atom stereocenters. The molecule has 0 aromatic rings. The molecule has 0 aromatic heterocycles.